The Bertz CT molecular complexity index is 447. The second-order valence-corrected chi connectivity index (χ2v) is 6.93. The fraction of sp³-hybridized carbons (Fsp3) is 0.111. The summed E-state index contributed by atoms with van der Waals surface area (Å²) in [5.41, 5.74) is 0. The molecule has 1 heterocycles. The average molecular weight is 338 g/mol. The van der Waals surface area contributed by atoms with E-state index >= 15 is 0 Å². The molecule has 0 saturated heterocycles. The second kappa shape index (κ2) is 4.00. The quantitative estimate of drug-likeness (QED) is 0.453. The van der Waals surface area contributed by atoms with Gasteiger partial charge >= 0.3 is 0 Å². The summed E-state index contributed by atoms with van der Waals surface area (Å²) in [4.78, 5) is 2.38. The highest BCUT2D eigenvalue weighted by Crippen LogP contribution is 2.35. The number of rotatable bonds is 1. The highest BCUT2D eigenvalue weighted by Gasteiger charge is 2.05. The number of hydrogen-bond acceptors (Lipinski definition) is 3. The Kier molecular flexibility index (Phi) is 3.12. The van der Waals surface area contributed by atoms with E-state index in [0.717, 1.165) is 4.90 Å². The first-order valence-electron chi connectivity index (χ1n) is 3.67. The first-order chi connectivity index (χ1) is 6.20. The predicted molar refractivity (Wildman–Crippen MR) is 73.6 cm³/mol. The fourth-order valence-corrected chi connectivity index (χ4v) is 4.28. The number of halogens is 1. The molecule has 1 aromatic carbocycles. The van der Waals surface area contributed by atoms with Crippen molar-refractivity contribution >= 4 is 68.4 Å². The monoisotopic (exact) mass is 338 g/mol. The first-order valence-corrected chi connectivity index (χ1v) is 7.23. The summed E-state index contributed by atoms with van der Waals surface area (Å²) >= 11 is 10.4. The largest absolute Gasteiger partial charge is 0.143 e. The Hall–Kier alpha value is 0.610. The third-order valence-corrected chi connectivity index (χ3v) is 4.85. The Morgan fingerprint density at radius 1 is 1.38 bits per heavy atom. The van der Waals surface area contributed by atoms with E-state index in [1.807, 2.05) is 11.3 Å². The molecule has 2 rings (SSSR count). The van der Waals surface area contributed by atoms with Gasteiger partial charge in [-0.3, -0.25) is 0 Å². The standard InChI is InChI=1S/C9H7IS3/c1-12-7-4-6(11)2-5-3-8(10)13-9(5)7/h2-4,11H,1H3. The van der Waals surface area contributed by atoms with Gasteiger partial charge in [0.2, 0.25) is 0 Å². The summed E-state index contributed by atoms with van der Waals surface area (Å²) in [7, 11) is 0. The fourth-order valence-electron chi connectivity index (χ4n) is 1.23. The maximum Gasteiger partial charge on any atom is 0.0666 e. The maximum atomic E-state index is 4.38. The summed E-state index contributed by atoms with van der Waals surface area (Å²) < 4.78 is 2.72. The van der Waals surface area contributed by atoms with Gasteiger partial charge in [0, 0.05) is 14.5 Å². The van der Waals surface area contributed by atoms with Crippen LogP contribution < -0.4 is 0 Å². The van der Waals surface area contributed by atoms with Gasteiger partial charge in [-0.2, -0.15) is 0 Å². The number of fused-ring (bicyclic) bond motifs is 1. The zero-order valence-corrected chi connectivity index (χ0v) is 11.6. The van der Waals surface area contributed by atoms with Gasteiger partial charge in [-0.15, -0.1) is 35.7 Å². The van der Waals surface area contributed by atoms with Crippen molar-refractivity contribution in [2.24, 2.45) is 0 Å². The smallest absolute Gasteiger partial charge is 0.0666 e. The topological polar surface area (TPSA) is 0 Å². The van der Waals surface area contributed by atoms with Crippen LogP contribution >= 0.6 is 58.3 Å². The van der Waals surface area contributed by atoms with Crippen molar-refractivity contribution in [3.8, 4) is 0 Å². The van der Waals surface area contributed by atoms with Crippen LogP contribution in [0, 0.1) is 2.88 Å². The lowest BCUT2D eigenvalue weighted by Gasteiger charge is -1.99. The van der Waals surface area contributed by atoms with E-state index in [1.165, 1.54) is 17.9 Å². The number of benzene rings is 1. The van der Waals surface area contributed by atoms with Gasteiger partial charge in [0.05, 0.1) is 2.88 Å². The molecule has 68 valence electrons. The lowest BCUT2D eigenvalue weighted by molar-refractivity contribution is 1.42. The van der Waals surface area contributed by atoms with Crippen LogP contribution in [0.25, 0.3) is 10.1 Å². The molecule has 0 unspecified atom stereocenters. The summed E-state index contributed by atoms with van der Waals surface area (Å²) in [6.45, 7) is 0. The Morgan fingerprint density at radius 3 is 2.85 bits per heavy atom. The Labute approximate surface area is 105 Å². The molecule has 0 amide bonds. The zero-order valence-electron chi connectivity index (χ0n) is 6.87. The third-order valence-electron chi connectivity index (χ3n) is 1.76. The molecule has 0 spiro atoms. The molecular formula is C9H7IS3. The second-order valence-electron chi connectivity index (χ2n) is 2.62. The van der Waals surface area contributed by atoms with Crippen LogP contribution in [-0.4, -0.2) is 6.26 Å². The number of thioether (sulfide) groups is 1. The normalized spacial score (nSPS) is 11.0. The minimum absolute atomic E-state index is 1.05. The van der Waals surface area contributed by atoms with Crippen molar-refractivity contribution in [1.82, 2.24) is 0 Å². The van der Waals surface area contributed by atoms with Crippen LogP contribution in [0.1, 0.15) is 0 Å². The average Bonchev–Trinajstić information content (AvgIpc) is 2.43. The molecule has 0 aliphatic carbocycles. The molecule has 1 aromatic heterocycles. The SMILES string of the molecule is CSc1cc(S)cc2cc(I)sc12. The van der Waals surface area contributed by atoms with Crippen LogP contribution in [0.2, 0.25) is 0 Å². The lowest BCUT2D eigenvalue weighted by atomic mass is 10.3. The highest BCUT2D eigenvalue weighted by atomic mass is 127. The van der Waals surface area contributed by atoms with Crippen molar-refractivity contribution in [1.29, 1.82) is 0 Å². The molecule has 0 radical (unpaired) electrons. The van der Waals surface area contributed by atoms with Crippen LogP contribution in [0.5, 0.6) is 0 Å². The molecule has 0 N–H and O–H groups in total. The van der Waals surface area contributed by atoms with Crippen LogP contribution in [0.4, 0.5) is 0 Å². The molecule has 0 aliphatic rings. The van der Waals surface area contributed by atoms with Crippen LogP contribution in [0.3, 0.4) is 0 Å². The van der Waals surface area contributed by atoms with E-state index in [0.29, 0.717) is 0 Å². The summed E-state index contributed by atoms with van der Waals surface area (Å²) in [5.74, 6) is 0. The van der Waals surface area contributed by atoms with Gasteiger partial charge in [0.15, 0.2) is 0 Å². The summed E-state index contributed by atoms with van der Waals surface area (Å²) in [6.07, 6.45) is 2.11. The van der Waals surface area contributed by atoms with E-state index < -0.39 is 0 Å². The van der Waals surface area contributed by atoms with E-state index in [9.17, 15) is 0 Å². The van der Waals surface area contributed by atoms with E-state index in [2.05, 4.69) is 59.7 Å². The molecule has 0 aliphatic heterocycles. The van der Waals surface area contributed by atoms with Crippen molar-refractivity contribution in [2.45, 2.75) is 9.79 Å². The molecule has 0 atom stereocenters. The van der Waals surface area contributed by atoms with Crippen molar-refractivity contribution < 1.29 is 0 Å². The predicted octanol–water partition coefficient (Wildman–Crippen LogP) is 4.52. The maximum absolute atomic E-state index is 4.38. The molecule has 0 bridgehead atoms. The first kappa shape index (κ1) is 10.1. The summed E-state index contributed by atoms with van der Waals surface area (Å²) in [6, 6.07) is 6.46. The highest BCUT2D eigenvalue weighted by molar-refractivity contribution is 14.1. The van der Waals surface area contributed by atoms with Crippen molar-refractivity contribution in [3.63, 3.8) is 0 Å². The van der Waals surface area contributed by atoms with E-state index in [1.54, 1.807) is 11.8 Å². The van der Waals surface area contributed by atoms with Gasteiger partial charge in [-0.25, -0.2) is 0 Å². The minimum Gasteiger partial charge on any atom is -0.143 e. The minimum atomic E-state index is 1.05. The zero-order chi connectivity index (χ0) is 9.42. The molecule has 0 saturated carbocycles. The lowest BCUT2D eigenvalue weighted by Crippen LogP contribution is -1.71. The Balaban J connectivity index is 2.80. The van der Waals surface area contributed by atoms with E-state index in [-0.39, 0.29) is 0 Å². The van der Waals surface area contributed by atoms with Gasteiger partial charge in [0.1, 0.15) is 0 Å². The molecule has 13 heavy (non-hydrogen) atoms. The van der Waals surface area contributed by atoms with E-state index in [4.69, 9.17) is 0 Å². The van der Waals surface area contributed by atoms with Crippen LogP contribution in [-0.2, 0) is 0 Å². The molecular weight excluding hydrogens is 331 g/mol. The Morgan fingerprint density at radius 2 is 2.15 bits per heavy atom. The summed E-state index contributed by atoms with van der Waals surface area (Å²) in [5, 5.41) is 1.31. The third kappa shape index (κ3) is 2.00. The molecule has 0 nitrogen and oxygen atoms in total. The number of hydrogen-bond donors (Lipinski definition) is 1. The van der Waals surface area contributed by atoms with Crippen molar-refractivity contribution in [2.75, 3.05) is 6.26 Å². The van der Waals surface area contributed by atoms with Gasteiger partial charge in [-0.05, 0) is 52.4 Å². The van der Waals surface area contributed by atoms with Gasteiger partial charge < -0.3 is 0 Å². The molecule has 4 heteroatoms. The molecule has 0 fully saturated rings. The van der Waals surface area contributed by atoms with Crippen molar-refractivity contribution in [3.05, 3.63) is 21.1 Å². The molecule has 2 aromatic rings. The number of thiophene rings is 1. The number of thiol groups is 1. The van der Waals surface area contributed by atoms with Crippen LogP contribution in [0.15, 0.2) is 28.0 Å². The van der Waals surface area contributed by atoms with Gasteiger partial charge in [0.25, 0.3) is 0 Å². The van der Waals surface area contributed by atoms with Gasteiger partial charge in [-0.1, -0.05) is 0 Å².